The molecule has 0 fully saturated rings. The summed E-state index contributed by atoms with van der Waals surface area (Å²) in [5, 5.41) is 0. The number of thioether (sulfide) groups is 1. The molecule has 132 valence electrons. The van der Waals surface area contributed by atoms with Crippen LogP contribution in [0.3, 0.4) is 0 Å². The van der Waals surface area contributed by atoms with E-state index < -0.39 is 12.8 Å². The second-order valence-corrected chi connectivity index (χ2v) is 6.44. The van der Waals surface area contributed by atoms with Gasteiger partial charge in [-0.05, 0) is 32.2 Å². The first-order chi connectivity index (χ1) is 11.8. The van der Waals surface area contributed by atoms with E-state index in [0.29, 0.717) is 22.6 Å². The number of hydrogen-bond acceptors (Lipinski definition) is 4. The molecule has 0 aliphatic rings. The molecule has 4 nitrogen and oxygen atoms in total. The molecule has 0 aliphatic carbocycles. The highest BCUT2D eigenvalue weighted by atomic mass is 32.2. The van der Waals surface area contributed by atoms with Gasteiger partial charge >= 0.3 is 6.18 Å². The second kappa shape index (κ2) is 6.59. The van der Waals surface area contributed by atoms with Crippen LogP contribution in [0.2, 0.25) is 0 Å². The first-order valence-corrected chi connectivity index (χ1v) is 8.71. The Hall–Kier alpha value is -2.22. The minimum Gasteiger partial charge on any atom is -0.483 e. The summed E-state index contributed by atoms with van der Waals surface area (Å²) in [6, 6.07) is 5.76. The molecule has 0 radical (unpaired) electrons. The van der Waals surface area contributed by atoms with Gasteiger partial charge in [0, 0.05) is 22.2 Å². The summed E-state index contributed by atoms with van der Waals surface area (Å²) >= 11 is 1.59. The Kier molecular flexibility index (Phi) is 4.64. The number of halogens is 3. The highest BCUT2D eigenvalue weighted by Crippen LogP contribution is 2.33. The molecule has 3 aromatic rings. The van der Waals surface area contributed by atoms with Gasteiger partial charge in [-0.25, -0.2) is 4.98 Å². The third-order valence-corrected chi connectivity index (χ3v) is 4.53. The fourth-order valence-electron chi connectivity index (χ4n) is 2.62. The van der Waals surface area contributed by atoms with Crippen molar-refractivity contribution in [2.75, 3.05) is 12.9 Å². The predicted molar refractivity (Wildman–Crippen MR) is 92.1 cm³/mol. The van der Waals surface area contributed by atoms with Gasteiger partial charge in [-0.2, -0.15) is 13.2 Å². The summed E-state index contributed by atoms with van der Waals surface area (Å²) in [6.45, 7) is 2.01. The molecule has 0 unspecified atom stereocenters. The Morgan fingerprint density at radius 2 is 2.00 bits per heavy atom. The van der Waals surface area contributed by atoms with E-state index in [0.717, 1.165) is 15.9 Å². The van der Waals surface area contributed by atoms with E-state index in [4.69, 9.17) is 4.74 Å². The first kappa shape index (κ1) is 17.6. The van der Waals surface area contributed by atoms with E-state index >= 15 is 0 Å². The summed E-state index contributed by atoms with van der Waals surface area (Å²) in [4.78, 5) is 13.1. The number of alkyl halides is 3. The molecule has 0 saturated heterocycles. The van der Waals surface area contributed by atoms with Gasteiger partial charge in [0.2, 0.25) is 0 Å². The maximum absolute atomic E-state index is 12.5. The molecule has 0 saturated carbocycles. The molecule has 3 rings (SSSR count). The van der Waals surface area contributed by atoms with Crippen LogP contribution in [0.1, 0.15) is 11.1 Å². The van der Waals surface area contributed by atoms with Gasteiger partial charge < -0.3 is 9.72 Å². The molecule has 0 aliphatic heterocycles. The number of fused-ring (bicyclic) bond motifs is 1. The number of pyridine rings is 1. The van der Waals surface area contributed by atoms with E-state index in [-0.39, 0.29) is 5.75 Å². The molecular formula is C17H16F3N3OS. The van der Waals surface area contributed by atoms with Crippen LogP contribution in [0, 0.1) is 13.8 Å². The Morgan fingerprint density at radius 1 is 1.24 bits per heavy atom. The van der Waals surface area contributed by atoms with Crippen LogP contribution in [-0.2, 0) is 0 Å². The quantitative estimate of drug-likeness (QED) is 0.666. The van der Waals surface area contributed by atoms with Crippen molar-refractivity contribution in [1.29, 1.82) is 0 Å². The number of ether oxygens (including phenoxy) is 1. The van der Waals surface area contributed by atoms with Gasteiger partial charge in [0.1, 0.15) is 11.4 Å². The minimum absolute atomic E-state index is 0.188. The van der Waals surface area contributed by atoms with Crippen LogP contribution in [0.4, 0.5) is 13.2 Å². The molecule has 25 heavy (non-hydrogen) atoms. The number of imidazole rings is 1. The number of H-pyrrole nitrogens is 1. The van der Waals surface area contributed by atoms with E-state index in [9.17, 15) is 13.2 Å². The number of hydrogen-bond donors (Lipinski definition) is 1. The van der Waals surface area contributed by atoms with Gasteiger partial charge in [0.05, 0.1) is 11.0 Å². The van der Waals surface area contributed by atoms with Crippen LogP contribution >= 0.6 is 11.8 Å². The molecule has 1 aromatic carbocycles. The number of nitrogens with zero attached hydrogens (tertiary/aromatic N) is 2. The number of aromatic amines is 1. The van der Waals surface area contributed by atoms with Crippen molar-refractivity contribution in [3.63, 3.8) is 0 Å². The van der Waals surface area contributed by atoms with Gasteiger partial charge in [0.15, 0.2) is 12.4 Å². The van der Waals surface area contributed by atoms with E-state index in [1.165, 1.54) is 6.20 Å². The summed E-state index contributed by atoms with van der Waals surface area (Å²) < 4.78 is 42.5. The zero-order chi connectivity index (χ0) is 18.2. The topological polar surface area (TPSA) is 50.8 Å². The number of para-hydroxylation sites is 1. The van der Waals surface area contributed by atoms with Crippen LogP contribution in [0.15, 0.2) is 29.3 Å². The average Bonchev–Trinajstić information content (AvgIpc) is 2.97. The highest BCUT2D eigenvalue weighted by Gasteiger charge is 2.29. The number of aryl methyl sites for hydroxylation is 1. The lowest BCUT2D eigenvalue weighted by molar-refractivity contribution is -0.153. The smallest absolute Gasteiger partial charge is 0.422 e. The average molecular weight is 367 g/mol. The zero-order valence-electron chi connectivity index (χ0n) is 13.9. The van der Waals surface area contributed by atoms with Gasteiger partial charge in [-0.15, -0.1) is 11.8 Å². The molecule has 8 heteroatoms. The normalized spacial score (nSPS) is 11.9. The Balaban J connectivity index is 2.06. The van der Waals surface area contributed by atoms with E-state index in [1.54, 1.807) is 25.6 Å². The zero-order valence-corrected chi connectivity index (χ0v) is 14.7. The SMILES string of the molecule is CSc1cccc2nc(-c3ncc(C)c(OCC(F)(F)F)c3C)[nH]c12. The lowest BCUT2D eigenvalue weighted by atomic mass is 10.1. The third kappa shape index (κ3) is 3.58. The Morgan fingerprint density at radius 3 is 2.68 bits per heavy atom. The fraction of sp³-hybridized carbons (Fsp3) is 0.294. The number of nitrogens with one attached hydrogen (secondary N) is 1. The molecule has 0 spiro atoms. The monoisotopic (exact) mass is 367 g/mol. The summed E-state index contributed by atoms with van der Waals surface area (Å²) in [5.41, 5.74) is 3.21. The molecule has 2 aromatic heterocycles. The van der Waals surface area contributed by atoms with Gasteiger partial charge in [0.25, 0.3) is 0 Å². The maximum atomic E-state index is 12.5. The summed E-state index contributed by atoms with van der Waals surface area (Å²) in [6.07, 6.45) is -0.931. The second-order valence-electron chi connectivity index (χ2n) is 5.59. The van der Waals surface area contributed by atoms with E-state index in [1.807, 2.05) is 24.5 Å². The molecule has 0 amide bonds. The molecule has 0 bridgehead atoms. The molecule has 1 N–H and O–H groups in total. The standard InChI is InChI=1S/C17H16F3N3OS/c1-9-7-21-13(10(2)15(9)24-8-17(18,19)20)16-22-11-5-4-6-12(25-3)14(11)23-16/h4-7H,8H2,1-3H3,(H,22,23). The lowest BCUT2D eigenvalue weighted by Gasteiger charge is -2.15. The summed E-state index contributed by atoms with van der Waals surface area (Å²) in [7, 11) is 0. The van der Waals surface area contributed by atoms with Gasteiger partial charge in [-0.1, -0.05) is 6.07 Å². The molecule has 2 heterocycles. The number of aromatic nitrogens is 3. The van der Waals surface area contributed by atoms with Gasteiger partial charge in [-0.3, -0.25) is 4.98 Å². The van der Waals surface area contributed by atoms with Crippen molar-refractivity contribution >= 4 is 22.8 Å². The highest BCUT2D eigenvalue weighted by molar-refractivity contribution is 7.98. The Bertz CT molecular complexity index is 921. The van der Waals surface area contributed by atoms with Crippen molar-refractivity contribution in [3.05, 3.63) is 35.5 Å². The largest absolute Gasteiger partial charge is 0.483 e. The van der Waals surface area contributed by atoms with Crippen LogP contribution in [-0.4, -0.2) is 34.0 Å². The molecular weight excluding hydrogens is 351 g/mol. The third-order valence-electron chi connectivity index (χ3n) is 3.75. The number of rotatable bonds is 4. The number of benzene rings is 1. The van der Waals surface area contributed by atoms with Crippen molar-refractivity contribution in [2.45, 2.75) is 24.9 Å². The van der Waals surface area contributed by atoms with Crippen molar-refractivity contribution in [2.24, 2.45) is 0 Å². The lowest BCUT2D eigenvalue weighted by Crippen LogP contribution is -2.20. The first-order valence-electron chi connectivity index (χ1n) is 7.49. The van der Waals surface area contributed by atoms with E-state index in [2.05, 4.69) is 15.0 Å². The van der Waals surface area contributed by atoms with Crippen LogP contribution < -0.4 is 4.74 Å². The summed E-state index contributed by atoms with van der Waals surface area (Å²) in [5.74, 6) is 0.693. The maximum Gasteiger partial charge on any atom is 0.422 e. The Labute approximate surface area is 146 Å². The minimum atomic E-state index is -4.39. The fourth-order valence-corrected chi connectivity index (χ4v) is 3.20. The van der Waals surface area contributed by atoms with Crippen LogP contribution in [0.5, 0.6) is 5.75 Å². The van der Waals surface area contributed by atoms with Crippen molar-refractivity contribution < 1.29 is 17.9 Å². The van der Waals surface area contributed by atoms with Crippen molar-refractivity contribution in [3.8, 4) is 17.3 Å². The van der Waals surface area contributed by atoms with Crippen molar-refractivity contribution in [1.82, 2.24) is 15.0 Å². The molecule has 0 atom stereocenters. The van der Waals surface area contributed by atoms with Crippen LogP contribution in [0.25, 0.3) is 22.6 Å². The predicted octanol–water partition coefficient (Wildman–Crippen LogP) is 4.90.